The lowest BCUT2D eigenvalue weighted by Gasteiger charge is -2.34. The van der Waals surface area contributed by atoms with Crippen molar-refractivity contribution in [2.24, 2.45) is 7.05 Å². The normalized spacial score (nSPS) is 23.2. The summed E-state index contributed by atoms with van der Waals surface area (Å²) in [6.07, 6.45) is 4.96. The fourth-order valence-electron chi connectivity index (χ4n) is 4.25. The molecule has 2 aliphatic rings. The van der Waals surface area contributed by atoms with E-state index < -0.39 is 0 Å². The second kappa shape index (κ2) is 5.26. The van der Waals surface area contributed by atoms with Crippen molar-refractivity contribution in [2.45, 2.75) is 38.9 Å². The van der Waals surface area contributed by atoms with E-state index in [0.717, 1.165) is 42.6 Å². The molecule has 25 heavy (non-hydrogen) atoms. The molecule has 8 heteroatoms. The summed E-state index contributed by atoms with van der Waals surface area (Å²) < 4.78 is 3.97. The van der Waals surface area contributed by atoms with Crippen LogP contribution in [0.5, 0.6) is 0 Å². The number of hydrogen-bond donors (Lipinski definition) is 0. The summed E-state index contributed by atoms with van der Waals surface area (Å²) in [5.41, 5.74) is 3.23. The Kier molecular flexibility index (Phi) is 3.12. The average molecular weight is 338 g/mol. The van der Waals surface area contributed by atoms with Crippen molar-refractivity contribution in [1.29, 1.82) is 0 Å². The van der Waals surface area contributed by atoms with Gasteiger partial charge in [0.15, 0.2) is 5.82 Å². The Morgan fingerprint density at radius 1 is 1.16 bits per heavy atom. The zero-order valence-corrected chi connectivity index (χ0v) is 14.8. The minimum Gasteiger partial charge on any atom is -0.348 e. The van der Waals surface area contributed by atoms with Crippen LogP contribution in [0.3, 0.4) is 0 Å². The van der Waals surface area contributed by atoms with E-state index in [1.165, 1.54) is 12.1 Å². The first-order valence-corrected chi connectivity index (χ1v) is 8.76. The van der Waals surface area contributed by atoms with Crippen LogP contribution in [0.15, 0.2) is 18.5 Å². The van der Waals surface area contributed by atoms with Gasteiger partial charge in [0.25, 0.3) is 0 Å². The predicted molar refractivity (Wildman–Crippen MR) is 93.4 cm³/mol. The molecular weight excluding hydrogens is 316 g/mol. The Morgan fingerprint density at radius 2 is 2.04 bits per heavy atom. The topological polar surface area (TPSA) is 67.4 Å². The first kappa shape index (κ1) is 14.8. The molecule has 8 nitrogen and oxygen atoms in total. The first-order chi connectivity index (χ1) is 12.1. The molecule has 0 saturated carbocycles. The first-order valence-electron chi connectivity index (χ1n) is 8.76. The number of aromatic nitrogens is 6. The highest BCUT2D eigenvalue weighted by molar-refractivity contribution is 5.65. The molecule has 130 valence electrons. The van der Waals surface area contributed by atoms with Gasteiger partial charge in [-0.3, -0.25) is 14.0 Å². The lowest BCUT2D eigenvalue weighted by molar-refractivity contribution is 0.227. The highest BCUT2D eigenvalue weighted by atomic mass is 15.4. The van der Waals surface area contributed by atoms with Crippen LogP contribution in [-0.4, -0.2) is 59.4 Å². The molecule has 3 aromatic rings. The monoisotopic (exact) mass is 338 g/mol. The number of hydrogen-bond acceptors (Lipinski definition) is 6. The number of nitrogens with zero attached hydrogens (tertiary/aromatic N) is 8. The standard InChI is InChI=1S/C17H22N8/c1-11-6-13(21-22(11)3)8-23-9-15-7-14(23)10-25(15)16-17-20-19-12(2)24(17)5-4-18-16/h4-6,14-15H,7-10H2,1-3H3. The number of aryl methyl sites for hydroxylation is 3. The molecule has 3 aromatic heterocycles. The van der Waals surface area contributed by atoms with Gasteiger partial charge in [-0.15, -0.1) is 10.2 Å². The molecule has 2 saturated heterocycles. The summed E-state index contributed by atoms with van der Waals surface area (Å²) >= 11 is 0. The molecule has 2 fully saturated rings. The summed E-state index contributed by atoms with van der Waals surface area (Å²) in [6.45, 7) is 7.04. The van der Waals surface area contributed by atoms with E-state index in [1.54, 1.807) is 0 Å². The van der Waals surface area contributed by atoms with Crippen LogP contribution in [0.25, 0.3) is 5.65 Å². The van der Waals surface area contributed by atoms with Gasteiger partial charge >= 0.3 is 0 Å². The van der Waals surface area contributed by atoms with Gasteiger partial charge in [0.2, 0.25) is 5.65 Å². The van der Waals surface area contributed by atoms with Crippen LogP contribution in [0, 0.1) is 13.8 Å². The Balaban J connectivity index is 1.37. The van der Waals surface area contributed by atoms with E-state index in [-0.39, 0.29) is 0 Å². The van der Waals surface area contributed by atoms with Crippen LogP contribution < -0.4 is 4.90 Å². The van der Waals surface area contributed by atoms with Crippen LogP contribution in [0.4, 0.5) is 5.82 Å². The number of rotatable bonds is 3. The zero-order chi connectivity index (χ0) is 17.1. The van der Waals surface area contributed by atoms with Gasteiger partial charge in [-0.2, -0.15) is 5.10 Å². The van der Waals surface area contributed by atoms with E-state index in [1.807, 2.05) is 35.4 Å². The van der Waals surface area contributed by atoms with E-state index >= 15 is 0 Å². The summed E-state index contributed by atoms with van der Waals surface area (Å²) in [5.74, 6) is 1.86. The molecule has 2 aliphatic heterocycles. The third kappa shape index (κ3) is 2.24. The quantitative estimate of drug-likeness (QED) is 0.708. The molecule has 0 radical (unpaired) electrons. The van der Waals surface area contributed by atoms with Crippen LogP contribution in [-0.2, 0) is 13.6 Å². The minimum absolute atomic E-state index is 0.491. The fraction of sp³-hybridized carbons (Fsp3) is 0.529. The second-order valence-electron chi connectivity index (χ2n) is 7.22. The number of fused-ring (bicyclic) bond motifs is 3. The van der Waals surface area contributed by atoms with Crippen molar-refractivity contribution >= 4 is 11.5 Å². The molecule has 0 spiro atoms. The van der Waals surface area contributed by atoms with Crippen molar-refractivity contribution in [1.82, 2.24) is 34.3 Å². The van der Waals surface area contributed by atoms with Gasteiger partial charge in [-0.1, -0.05) is 0 Å². The van der Waals surface area contributed by atoms with Crippen molar-refractivity contribution in [3.05, 3.63) is 35.7 Å². The van der Waals surface area contributed by atoms with Crippen LogP contribution in [0.2, 0.25) is 0 Å². The minimum atomic E-state index is 0.491. The predicted octanol–water partition coefficient (Wildman–Crippen LogP) is 0.938. The number of anilines is 1. The Hall–Kier alpha value is -2.48. The summed E-state index contributed by atoms with van der Waals surface area (Å²) in [7, 11) is 2.00. The highest BCUT2D eigenvalue weighted by Gasteiger charge is 2.44. The van der Waals surface area contributed by atoms with Crippen molar-refractivity contribution < 1.29 is 0 Å². The Morgan fingerprint density at radius 3 is 2.76 bits per heavy atom. The van der Waals surface area contributed by atoms with E-state index in [4.69, 9.17) is 0 Å². The molecular formula is C17H22N8. The third-order valence-electron chi connectivity index (χ3n) is 5.63. The van der Waals surface area contributed by atoms with Crippen molar-refractivity contribution in [3.63, 3.8) is 0 Å². The lowest BCUT2D eigenvalue weighted by atomic mass is 10.2. The maximum Gasteiger partial charge on any atom is 0.203 e. The molecule has 2 unspecified atom stereocenters. The third-order valence-corrected chi connectivity index (χ3v) is 5.63. The number of piperazine rings is 1. The van der Waals surface area contributed by atoms with Gasteiger partial charge in [0, 0.05) is 56.9 Å². The van der Waals surface area contributed by atoms with Gasteiger partial charge < -0.3 is 4.90 Å². The van der Waals surface area contributed by atoms with Gasteiger partial charge in [0.1, 0.15) is 5.82 Å². The lowest BCUT2D eigenvalue weighted by Crippen LogP contribution is -2.46. The van der Waals surface area contributed by atoms with Crippen LogP contribution in [0.1, 0.15) is 23.6 Å². The molecule has 2 bridgehead atoms. The van der Waals surface area contributed by atoms with Gasteiger partial charge in [-0.25, -0.2) is 4.98 Å². The largest absolute Gasteiger partial charge is 0.348 e. The Bertz CT molecular complexity index is 922. The van der Waals surface area contributed by atoms with E-state index in [2.05, 4.69) is 43.1 Å². The molecule has 0 aromatic carbocycles. The average Bonchev–Trinajstić information content (AvgIpc) is 3.34. The summed E-state index contributed by atoms with van der Waals surface area (Å²) in [5, 5.41) is 13.1. The smallest absolute Gasteiger partial charge is 0.203 e. The molecule has 0 amide bonds. The van der Waals surface area contributed by atoms with Gasteiger partial charge in [0.05, 0.1) is 5.69 Å². The SMILES string of the molecule is Cc1cc(CN2CC3CC2CN3c2nccn3c(C)nnc23)nn1C. The molecule has 5 rings (SSSR count). The fourth-order valence-corrected chi connectivity index (χ4v) is 4.25. The van der Waals surface area contributed by atoms with Crippen molar-refractivity contribution in [2.75, 3.05) is 18.0 Å². The molecule has 0 N–H and O–H groups in total. The van der Waals surface area contributed by atoms with Crippen molar-refractivity contribution in [3.8, 4) is 0 Å². The van der Waals surface area contributed by atoms with Gasteiger partial charge in [-0.05, 0) is 26.3 Å². The van der Waals surface area contributed by atoms with E-state index in [0.29, 0.717) is 12.1 Å². The second-order valence-corrected chi connectivity index (χ2v) is 7.22. The summed E-state index contributed by atoms with van der Waals surface area (Å²) in [4.78, 5) is 9.58. The molecule has 0 aliphatic carbocycles. The maximum absolute atomic E-state index is 4.61. The maximum atomic E-state index is 4.61. The molecule has 5 heterocycles. The molecule has 2 atom stereocenters. The van der Waals surface area contributed by atoms with Crippen LogP contribution >= 0.6 is 0 Å². The Labute approximate surface area is 146 Å². The van der Waals surface area contributed by atoms with E-state index in [9.17, 15) is 0 Å². The highest BCUT2D eigenvalue weighted by Crippen LogP contribution is 2.35. The number of likely N-dealkylation sites (tertiary alicyclic amines) is 1. The summed E-state index contributed by atoms with van der Waals surface area (Å²) in [6, 6.07) is 3.23. The zero-order valence-electron chi connectivity index (χ0n) is 14.8.